The van der Waals surface area contributed by atoms with Crippen LogP contribution in [0.4, 0.5) is 0 Å². The molecular weight excluding hydrogens is 328 g/mol. The summed E-state index contributed by atoms with van der Waals surface area (Å²) in [5.41, 5.74) is 0. The van der Waals surface area contributed by atoms with E-state index in [2.05, 4.69) is 43.3 Å². The van der Waals surface area contributed by atoms with Gasteiger partial charge >= 0.3 is 0 Å². The van der Waals surface area contributed by atoms with Gasteiger partial charge in [0, 0.05) is 20.2 Å². The third-order valence-electron chi connectivity index (χ3n) is 6.54. The first-order valence-corrected chi connectivity index (χ1v) is 16.1. The van der Waals surface area contributed by atoms with Gasteiger partial charge in [-0.3, -0.25) is 0 Å². The molecule has 0 saturated carbocycles. The van der Waals surface area contributed by atoms with Crippen molar-refractivity contribution in [1.82, 2.24) is 9.47 Å². The number of rotatable bonds is 12. The van der Waals surface area contributed by atoms with Gasteiger partial charge in [0.05, 0.1) is 0 Å². The lowest BCUT2D eigenvalue weighted by Gasteiger charge is -2.42. The Labute approximate surface area is 154 Å². The first-order chi connectivity index (χ1) is 11.4. The molecule has 0 aromatic heterocycles. The van der Waals surface area contributed by atoms with E-state index in [1.807, 2.05) is 7.11 Å². The molecule has 1 fully saturated rings. The van der Waals surface area contributed by atoms with Gasteiger partial charge in [0.15, 0.2) is 8.32 Å². The van der Waals surface area contributed by atoms with Gasteiger partial charge in [-0.25, -0.2) is 0 Å². The van der Waals surface area contributed by atoms with E-state index < -0.39 is 16.6 Å². The van der Waals surface area contributed by atoms with Gasteiger partial charge in [0.1, 0.15) is 8.24 Å². The zero-order valence-corrected chi connectivity index (χ0v) is 19.5. The molecule has 0 aliphatic carbocycles. The summed E-state index contributed by atoms with van der Waals surface area (Å²) in [5.74, 6) is 0. The molecule has 1 rings (SSSR count). The van der Waals surface area contributed by atoms with Crippen molar-refractivity contribution in [2.45, 2.75) is 83.7 Å². The average molecular weight is 373 g/mol. The molecule has 1 aliphatic rings. The summed E-state index contributed by atoms with van der Waals surface area (Å²) in [4.78, 5) is 2.71. The molecule has 144 valence electrons. The predicted octanol–water partition coefficient (Wildman–Crippen LogP) is 5.02. The van der Waals surface area contributed by atoms with Crippen LogP contribution in [0, 0.1) is 0 Å². The van der Waals surface area contributed by atoms with E-state index >= 15 is 0 Å². The van der Waals surface area contributed by atoms with Crippen LogP contribution in [-0.4, -0.2) is 65.9 Å². The Kier molecular flexibility index (Phi) is 10.4. The zero-order valence-electron chi connectivity index (χ0n) is 17.5. The van der Waals surface area contributed by atoms with E-state index in [1.54, 1.807) is 0 Å². The Balaban J connectivity index is 2.63. The van der Waals surface area contributed by atoms with E-state index in [-0.39, 0.29) is 0 Å². The third-order valence-corrected chi connectivity index (χ3v) is 14.9. The number of hydrogen-bond acceptors (Lipinski definition) is 3. The number of likely N-dealkylation sites (tertiary alicyclic amines) is 1. The van der Waals surface area contributed by atoms with Gasteiger partial charge in [-0.15, -0.1) is 0 Å². The van der Waals surface area contributed by atoms with Crippen molar-refractivity contribution in [3.8, 4) is 0 Å². The van der Waals surface area contributed by atoms with Crippen LogP contribution in [0.15, 0.2) is 0 Å². The van der Waals surface area contributed by atoms with Crippen LogP contribution in [0.5, 0.6) is 0 Å². The minimum atomic E-state index is -1.41. The summed E-state index contributed by atoms with van der Waals surface area (Å²) in [6.07, 6.45) is 5.58. The molecule has 0 bridgehead atoms. The van der Waals surface area contributed by atoms with Crippen LogP contribution in [0.3, 0.4) is 0 Å². The maximum atomic E-state index is 5.76. The molecule has 1 heterocycles. The lowest BCUT2D eigenvalue weighted by atomic mass is 10.1. The second-order valence-electron chi connectivity index (χ2n) is 8.24. The second kappa shape index (κ2) is 11.1. The number of nitrogens with zero attached hydrogens (tertiary/aromatic N) is 2. The molecule has 3 nitrogen and oxygen atoms in total. The molecule has 0 atom stereocenters. The summed E-state index contributed by atoms with van der Waals surface area (Å²) in [6, 6.07) is 5.52. The van der Waals surface area contributed by atoms with Crippen molar-refractivity contribution in [3.63, 3.8) is 0 Å². The van der Waals surface area contributed by atoms with Crippen LogP contribution in [-0.2, 0) is 4.43 Å². The van der Waals surface area contributed by atoms with Crippen molar-refractivity contribution in [2.24, 2.45) is 0 Å². The van der Waals surface area contributed by atoms with Gasteiger partial charge < -0.3 is 13.9 Å². The Morgan fingerprint density at radius 2 is 1.50 bits per heavy atom. The molecule has 1 aliphatic heterocycles. The van der Waals surface area contributed by atoms with E-state index in [0.29, 0.717) is 0 Å². The molecule has 1 saturated heterocycles. The standard InChI is InChI=1S/C19H44N2OSi2/c1-7-24(8-2,9-3)21(16-13-19-23(5,6)22-4)18-17-20-14-11-10-12-15-20/h7-19H2,1-6H3. The molecule has 0 radical (unpaired) electrons. The Morgan fingerprint density at radius 1 is 0.917 bits per heavy atom. The summed E-state index contributed by atoms with van der Waals surface area (Å²) >= 11 is 0. The quantitative estimate of drug-likeness (QED) is 0.447. The Bertz CT molecular complexity index is 321. The van der Waals surface area contributed by atoms with Crippen molar-refractivity contribution in [2.75, 3.05) is 39.8 Å². The first kappa shape index (κ1) is 22.4. The molecule has 0 aromatic carbocycles. The highest BCUT2D eigenvalue weighted by Gasteiger charge is 2.34. The molecular formula is C19H44N2OSi2. The monoisotopic (exact) mass is 372 g/mol. The van der Waals surface area contributed by atoms with E-state index in [0.717, 1.165) is 0 Å². The van der Waals surface area contributed by atoms with Crippen LogP contribution >= 0.6 is 0 Å². The maximum Gasteiger partial charge on any atom is 0.186 e. The Hall–Kier alpha value is 0.314. The Morgan fingerprint density at radius 3 is 2.00 bits per heavy atom. The highest BCUT2D eigenvalue weighted by Crippen LogP contribution is 2.26. The minimum absolute atomic E-state index is 1.26. The fraction of sp³-hybridized carbons (Fsp3) is 1.00. The van der Waals surface area contributed by atoms with Crippen molar-refractivity contribution in [3.05, 3.63) is 0 Å². The summed E-state index contributed by atoms with van der Waals surface area (Å²) < 4.78 is 8.74. The van der Waals surface area contributed by atoms with Crippen LogP contribution in [0.2, 0.25) is 37.3 Å². The second-order valence-corrected chi connectivity index (χ2v) is 17.9. The minimum Gasteiger partial charge on any atom is -0.420 e. The average Bonchev–Trinajstić information content (AvgIpc) is 2.61. The highest BCUT2D eigenvalue weighted by atomic mass is 28.4. The van der Waals surface area contributed by atoms with E-state index in [9.17, 15) is 0 Å². The van der Waals surface area contributed by atoms with Crippen molar-refractivity contribution >= 4 is 16.6 Å². The smallest absolute Gasteiger partial charge is 0.186 e. The number of hydrogen-bond donors (Lipinski definition) is 0. The number of piperidine rings is 1. The van der Waals surface area contributed by atoms with Gasteiger partial charge in [-0.05, 0) is 76.2 Å². The lowest BCUT2D eigenvalue weighted by Crippen LogP contribution is -2.55. The van der Waals surface area contributed by atoms with Gasteiger partial charge in [-0.2, -0.15) is 0 Å². The van der Waals surface area contributed by atoms with Crippen LogP contribution in [0.1, 0.15) is 46.5 Å². The summed E-state index contributed by atoms with van der Waals surface area (Å²) in [5, 5.41) is 0. The van der Waals surface area contributed by atoms with Crippen molar-refractivity contribution in [1.29, 1.82) is 0 Å². The molecule has 0 spiro atoms. The normalized spacial score (nSPS) is 17.6. The van der Waals surface area contributed by atoms with Gasteiger partial charge in [0.25, 0.3) is 0 Å². The molecule has 24 heavy (non-hydrogen) atoms. The van der Waals surface area contributed by atoms with E-state index in [4.69, 9.17) is 4.43 Å². The fourth-order valence-electron chi connectivity index (χ4n) is 4.25. The zero-order chi connectivity index (χ0) is 18.1. The third kappa shape index (κ3) is 6.91. The van der Waals surface area contributed by atoms with Gasteiger partial charge in [0.2, 0.25) is 0 Å². The fourth-order valence-corrected chi connectivity index (χ4v) is 9.51. The maximum absolute atomic E-state index is 5.76. The molecule has 0 aromatic rings. The van der Waals surface area contributed by atoms with Crippen LogP contribution in [0.25, 0.3) is 0 Å². The first-order valence-electron chi connectivity index (χ1n) is 10.5. The lowest BCUT2D eigenvalue weighted by molar-refractivity contribution is 0.210. The largest absolute Gasteiger partial charge is 0.420 e. The molecule has 0 amide bonds. The SMILES string of the molecule is CC[Si](CC)(CC)N(CCC[Si](C)(C)OC)CCN1CCCCC1. The van der Waals surface area contributed by atoms with Crippen molar-refractivity contribution < 1.29 is 4.43 Å². The highest BCUT2D eigenvalue weighted by molar-refractivity contribution is 6.77. The molecule has 0 N–H and O–H groups in total. The van der Waals surface area contributed by atoms with Gasteiger partial charge in [-0.1, -0.05) is 27.2 Å². The summed E-state index contributed by atoms with van der Waals surface area (Å²) in [7, 11) is -0.761. The van der Waals surface area contributed by atoms with Crippen LogP contribution < -0.4 is 0 Å². The molecule has 5 heteroatoms. The topological polar surface area (TPSA) is 15.7 Å². The van der Waals surface area contributed by atoms with E-state index in [1.165, 1.54) is 82.6 Å². The molecule has 0 unspecified atom stereocenters. The summed E-state index contributed by atoms with van der Waals surface area (Å²) in [6.45, 7) is 18.6. The predicted molar refractivity (Wildman–Crippen MR) is 113 cm³/mol.